The van der Waals surface area contributed by atoms with Gasteiger partial charge >= 0.3 is 0 Å². The number of amides is 1. The molecule has 0 spiro atoms. The molecule has 0 aromatic heterocycles. The Bertz CT molecular complexity index is 638. The molecule has 154 valence electrons. The minimum atomic E-state index is -0.922. The third-order valence-corrected chi connectivity index (χ3v) is 5.44. The molecule has 2 unspecified atom stereocenters. The van der Waals surface area contributed by atoms with E-state index in [2.05, 4.69) is 5.32 Å². The Morgan fingerprint density at radius 3 is 2.63 bits per heavy atom. The van der Waals surface area contributed by atoms with Crippen LogP contribution < -0.4 is 15.8 Å². The van der Waals surface area contributed by atoms with Gasteiger partial charge in [-0.25, -0.2) is 0 Å². The average Bonchev–Trinajstić information content (AvgIpc) is 2.60. The topological polar surface area (TPSA) is 82.8 Å². The number of methoxy groups -OCH3 is 1. The van der Waals surface area contributed by atoms with Gasteiger partial charge < -0.3 is 25.3 Å². The van der Waals surface area contributed by atoms with Gasteiger partial charge in [-0.05, 0) is 25.5 Å². The van der Waals surface area contributed by atoms with Crippen LogP contribution in [0.2, 0.25) is 0 Å². The highest BCUT2D eigenvalue weighted by Gasteiger charge is 2.62. The van der Waals surface area contributed by atoms with Gasteiger partial charge in [-0.3, -0.25) is 4.79 Å². The van der Waals surface area contributed by atoms with E-state index in [0.29, 0.717) is 32.8 Å². The third kappa shape index (κ3) is 4.93. The van der Waals surface area contributed by atoms with Crippen molar-refractivity contribution in [1.29, 1.82) is 0 Å². The van der Waals surface area contributed by atoms with Gasteiger partial charge in [0.05, 0.1) is 12.7 Å². The Morgan fingerprint density at radius 1 is 1.33 bits per heavy atom. The van der Waals surface area contributed by atoms with Crippen molar-refractivity contribution in [2.75, 3.05) is 26.9 Å². The van der Waals surface area contributed by atoms with Gasteiger partial charge in [-0.1, -0.05) is 26.0 Å². The Hall–Kier alpha value is -1.34. The maximum Gasteiger partial charge on any atom is 0.241 e. The largest absolute Gasteiger partial charge is 0.491 e. The molecule has 1 saturated carbocycles. The van der Waals surface area contributed by atoms with E-state index in [1.807, 2.05) is 45.9 Å². The Balaban J connectivity index is 0.00000364. The maximum absolute atomic E-state index is 12.8. The second kappa shape index (κ2) is 9.73. The van der Waals surface area contributed by atoms with Crippen molar-refractivity contribution in [2.24, 2.45) is 11.1 Å². The van der Waals surface area contributed by atoms with Gasteiger partial charge in [-0.2, -0.15) is 0 Å². The van der Waals surface area contributed by atoms with Crippen molar-refractivity contribution in [3.63, 3.8) is 0 Å². The standard InChI is InChI=1S/C20H32N2O4.ClH/c1-6-25-17-12-20(21,19(17,3)4)18(23)22-13-15-8-7-14(2)11-16(15)26-10-9-24-5;/h7-8,11,17H,6,9-10,12-13,21H2,1-5H3,(H,22,23);1H. The first kappa shape index (κ1) is 23.7. The molecule has 7 heteroatoms. The number of nitrogens with one attached hydrogen (secondary N) is 1. The smallest absolute Gasteiger partial charge is 0.241 e. The van der Waals surface area contributed by atoms with Crippen LogP contribution >= 0.6 is 12.4 Å². The third-order valence-electron chi connectivity index (χ3n) is 5.44. The van der Waals surface area contributed by atoms with Crippen molar-refractivity contribution < 1.29 is 19.0 Å². The Kier molecular flexibility index (Phi) is 8.54. The molecule has 27 heavy (non-hydrogen) atoms. The van der Waals surface area contributed by atoms with E-state index in [1.54, 1.807) is 7.11 Å². The molecule has 0 aliphatic heterocycles. The van der Waals surface area contributed by atoms with Crippen LogP contribution in [0.5, 0.6) is 5.75 Å². The van der Waals surface area contributed by atoms with Crippen LogP contribution in [0.4, 0.5) is 0 Å². The molecule has 1 aliphatic carbocycles. The monoisotopic (exact) mass is 400 g/mol. The predicted molar refractivity (Wildman–Crippen MR) is 108 cm³/mol. The van der Waals surface area contributed by atoms with Gasteiger partial charge in [0.25, 0.3) is 0 Å². The number of benzene rings is 1. The van der Waals surface area contributed by atoms with Crippen molar-refractivity contribution in [3.8, 4) is 5.75 Å². The molecule has 6 nitrogen and oxygen atoms in total. The molecule has 3 N–H and O–H groups in total. The highest BCUT2D eigenvalue weighted by atomic mass is 35.5. The minimum Gasteiger partial charge on any atom is -0.491 e. The molecule has 1 aromatic rings. The number of carbonyl (C=O) groups is 1. The summed E-state index contributed by atoms with van der Waals surface area (Å²) in [5.41, 5.74) is 7.12. The lowest BCUT2D eigenvalue weighted by Crippen LogP contribution is -2.75. The molecular weight excluding hydrogens is 368 g/mol. The van der Waals surface area contributed by atoms with Crippen LogP contribution in [0.15, 0.2) is 18.2 Å². The average molecular weight is 401 g/mol. The van der Waals surface area contributed by atoms with Crippen molar-refractivity contribution in [1.82, 2.24) is 5.32 Å². The maximum atomic E-state index is 12.8. The molecule has 1 aromatic carbocycles. The first-order valence-electron chi connectivity index (χ1n) is 9.16. The molecule has 0 heterocycles. The summed E-state index contributed by atoms with van der Waals surface area (Å²) >= 11 is 0. The molecule has 1 amide bonds. The SMILES string of the molecule is CCOC1CC(N)(C(=O)NCc2ccc(C)cc2OCCOC)C1(C)C.Cl. The lowest BCUT2D eigenvalue weighted by atomic mass is 9.54. The lowest BCUT2D eigenvalue weighted by Gasteiger charge is -2.57. The van der Waals surface area contributed by atoms with Crippen LogP contribution in [-0.2, 0) is 20.8 Å². The number of hydrogen-bond acceptors (Lipinski definition) is 5. The highest BCUT2D eigenvalue weighted by molar-refractivity contribution is 5.88. The van der Waals surface area contributed by atoms with Gasteiger partial charge in [0.2, 0.25) is 5.91 Å². The van der Waals surface area contributed by atoms with Crippen molar-refractivity contribution >= 4 is 18.3 Å². The molecule has 2 rings (SSSR count). The molecule has 0 saturated heterocycles. The van der Waals surface area contributed by atoms with E-state index in [-0.39, 0.29) is 24.4 Å². The van der Waals surface area contributed by atoms with Crippen LogP contribution in [0.3, 0.4) is 0 Å². The minimum absolute atomic E-state index is 0. The van der Waals surface area contributed by atoms with Crippen LogP contribution in [-0.4, -0.2) is 44.5 Å². The summed E-state index contributed by atoms with van der Waals surface area (Å²) in [5, 5.41) is 2.98. The van der Waals surface area contributed by atoms with Gasteiger partial charge in [0, 0.05) is 37.7 Å². The zero-order valence-electron chi connectivity index (χ0n) is 17.0. The first-order chi connectivity index (χ1) is 12.3. The number of hydrogen-bond donors (Lipinski definition) is 2. The molecule has 0 radical (unpaired) electrons. The number of aryl methyl sites for hydroxylation is 1. The van der Waals surface area contributed by atoms with E-state index in [4.69, 9.17) is 19.9 Å². The normalized spacial score (nSPS) is 23.1. The number of nitrogens with two attached hydrogens (primary N) is 1. The van der Waals surface area contributed by atoms with Crippen molar-refractivity contribution in [3.05, 3.63) is 29.3 Å². The van der Waals surface area contributed by atoms with Crippen molar-refractivity contribution in [2.45, 2.75) is 52.3 Å². The summed E-state index contributed by atoms with van der Waals surface area (Å²) in [6, 6.07) is 5.94. The fourth-order valence-electron chi connectivity index (χ4n) is 3.33. The van der Waals surface area contributed by atoms with E-state index in [9.17, 15) is 4.79 Å². The number of rotatable bonds is 9. The molecule has 1 fully saturated rings. The van der Waals surface area contributed by atoms with Gasteiger partial charge in [0.15, 0.2) is 0 Å². The van der Waals surface area contributed by atoms with Crippen LogP contribution in [0, 0.1) is 12.3 Å². The summed E-state index contributed by atoms with van der Waals surface area (Å²) in [4.78, 5) is 12.8. The van der Waals surface area contributed by atoms with E-state index >= 15 is 0 Å². The highest BCUT2D eigenvalue weighted by Crippen LogP contribution is 2.49. The second-order valence-corrected chi connectivity index (χ2v) is 7.48. The zero-order chi connectivity index (χ0) is 19.4. The van der Waals surface area contributed by atoms with Gasteiger partial charge in [0.1, 0.15) is 17.9 Å². The Morgan fingerprint density at radius 2 is 2.04 bits per heavy atom. The molecule has 2 atom stereocenters. The number of carbonyl (C=O) groups excluding carboxylic acids is 1. The predicted octanol–water partition coefficient (Wildman–Crippen LogP) is 2.59. The fourth-order valence-corrected chi connectivity index (χ4v) is 3.33. The zero-order valence-corrected chi connectivity index (χ0v) is 17.8. The quantitative estimate of drug-likeness (QED) is 0.622. The second-order valence-electron chi connectivity index (χ2n) is 7.48. The summed E-state index contributed by atoms with van der Waals surface area (Å²) in [7, 11) is 1.64. The summed E-state index contributed by atoms with van der Waals surface area (Å²) in [6.45, 7) is 9.90. The van der Waals surface area contributed by atoms with Crippen LogP contribution in [0.1, 0.15) is 38.3 Å². The van der Waals surface area contributed by atoms with Crippen LogP contribution in [0.25, 0.3) is 0 Å². The fraction of sp³-hybridized carbons (Fsp3) is 0.650. The van der Waals surface area contributed by atoms with E-state index < -0.39 is 11.0 Å². The molecule has 0 bridgehead atoms. The lowest BCUT2D eigenvalue weighted by molar-refractivity contribution is -0.170. The number of ether oxygens (including phenoxy) is 3. The molecule has 1 aliphatic rings. The number of halogens is 1. The van der Waals surface area contributed by atoms with E-state index in [0.717, 1.165) is 16.9 Å². The molecular formula is C20H33ClN2O4. The Labute approximate surface area is 168 Å². The summed E-state index contributed by atoms with van der Waals surface area (Å²) in [6.07, 6.45) is 0.542. The summed E-state index contributed by atoms with van der Waals surface area (Å²) in [5.74, 6) is 0.607. The van der Waals surface area contributed by atoms with Gasteiger partial charge in [-0.15, -0.1) is 12.4 Å². The summed E-state index contributed by atoms with van der Waals surface area (Å²) < 4.78 is 16.5. The first-order valence-corrected chi connectivity index (χ1v) is 9.16. The van der Waals surface area contributed by atoms with E-state index in [1.165, 1.54) is 0 Å².